The Hall–Kier alpha value is -2.70. The summed E-state index contributed by atoms with van der Waals surface area (Å²) in [5, 5.41) is 0.902. The Bertz CT molecular complexity index is 813. The number of rotatable bonds is 5. The van der Waals surface area contributed by atoms with Gasteiger partial charge in [0.15, 0.2) is 17.2 Å². The number of hydrogen-bond acceptors (Lipinski definition) is 5. The molecular formula is C17H22N2O5. The minimum absolute atomic E-state index is 0.183. The fraction of sp³-hybridized carbons (Fsp3) is 0.412. The predicted octanol–water partition coefficient (Wildman–Crippen LogP) is 2.49. The van der Waals surface area contributed by atoms with Gasteiger partial charge in [0.05, 0.1) is 25.8 Å². The summed E-state index contributed by atoms with van der Waals surface area (Å²) in [7, 11) is 4.65. The van der Waals surface area contributed by atoms with Gasteiger partial charge in [-0.2, -0.15) is 0 Å². The van der Waals surface area contributed by atoms with Gasteiger partial charge < -0.3 is 23.7 Å². The second-order valence-electron chi connectivity index (χ2n) is 5.22. The van der Waals surface area contributed by atoms with Crippen molar-refractivity contribution in [2.75, 3.05) is 27.8 Å². The van der Waals surface area contributed by atoms with Crippen molar-refractivity contribution < 1.29 is 19.0 Å². The number of methoxy groups -OCH3 is 2. The Labute approximate surface area is 140 Å². The van der Waals surface area contributed by atoms with Crippen LogP contribution in [0.1, 0.15) is 13.8 Å². The lowest BCUT2D eigenvalue weighted by molar-refractivity contribution is 0.165. The first-order valence-electron chi connectivity index (χ1n) is 7.68. The molecule has 0 spiro atoms. The van der Waals surface area contributed by atoms with Crippen molar-refractivity contribution in [3.63, 3.8) is 0 Å². The van der Waals surface area contributed by atoms with Gasteiger partial charge in [0.25, 0.3) is 5.56 Å². The lowest BCUT2D eigenvalue weighted by Crippen LogP contribution is -2.30. The van der Waals surface area contributed by atoms with Crippen LogP contribution in [0.4, 0.5) is 4.79 Å². The number of amides is 1. The summed E-state index contributed by atoms with van der Waals surface area (Å²) < 4.78 is 17.5. The van der Waals surface area contributed by atoms with E-state index in [9.17, 15) is 9.59 Å². The van der Waals surface area contributed by atoms with E-state index in [0.29, 0.717) is 41.1 Å². The monoisotopic (exact) mass is 334 g/mol. The zero-order chi connectivity index (χ0) is 17.9. The number of fused-ring (bicyclic) bond motifs is 1. The molecule has 2 rings (SSSR count). The van der Waals surface area contributed by atoms with E-state index < -0.39 is 6.09 Å². The molecule has 2 aromatic rings. The van der Waals surface area contributed by atoms with Crippen LogP contribution in [0.3, 0.4) is 0 Å². The van der Waals surface area contributed by atoms with Crippen LogP contribution in [0.5, 0.6) is 17.2 Å². The molecule has 0 aliphatic heterocycles. The quantitative estimate of drug-likeness (QED) is 0.840. The Morgan fingerprint density at radius 1 is 1.08 bits per heavy atom. The zero-order valence-electron chi connectivity index (χ0n) is 14.6. The van der Waals surface area contributed by atoms with Crippen LogP contribution in [-0.4, -0.2) is 43.4 Å². The van der Waals surface area contributed by atoms with Gasteiger partial charge in [-0.1, -0.05) is 0 Å². The van der Waals surface area contributed by atoms with Crippen molar-refractivity contribution in [3.8, 4) is 17.2 Å². The summed E-state index contributed by atoms with van der Waals surface area (Å²) in [6.07, 6.45) is 1.05. The highest BCUT2D eigenvalue weighted by molar-refractivity contribution is 5.92. The molecule has 0 aliphatic rings. The molecule has 0 fully saturated rings. The SMILES string of the molecule is CCN(C)C(=O)Oc1cn(CC)c(=O)c2cc(OC)c(OC)cc12. The van der Waals surface area contributed by atoms with E-state index >= 15 is 0 Å². The topological polar surface area (TPSA) is 70.0 Å². The minimum atomic E-state index is -0.491. The number of benzene rings is 1. The van der Waals surface area contributed by atoms with Crippen LogP contribution in [0.15, 0.2) is 23.1 Å². The maximum absolute atomic E-state index is 12.6. The number of pyridine rings is 1. The first kappa shape index (κ1) is 17.7. The highest BCUT2D eigenvalue weighted by Crippen LogP contribution is 2.35. The molecular weight excluding hydrogens is 312 g/mol. The molecule has 7 heteroatoms. The third-order valence-electron chi connectivity index (χ3n) is 3.88. The molecule has 1 amide bonds. The molecule has 0 aliphatic carbocycles. The van der Waals surface area contributed by atoms with Crippen molar-refractivity contribution in [2.24, 2.45) is 0 Å². The van der Waals surface area contributed by atoms with Crippen LogP contribution in [0.2, 0.25) is 0 Å². The van der Waals surface area contributed by atoms with Crippen molar-refractivity contribution in [3.05, 3.63) is 28.7 Å². The summed E-state index contributed by atoms with van der Waals surface area (Å²) in [6, 6.07) is 3.24. The Kier molecular flexibility index (Phi) is 5.33. The Balaban J connectivity index is 2.71. The average molecular weight is 334 g/mol. The number of ether oxygens (including phenoxy) is 3. The van der Waals surface area contributed by atoms with E-state index in [-0.39, 0.29) is 5.56 Å². The highest BCUT2D eigenvalue weighted by Gasteiger charge is 2.18. The molecule has 0 atom stereocenters. The van der Waals surface area contributed by atoms with Crippen LogP contribution in [0.25, 0.3) is 10.8 Å². The summed E-state index contributed by atoms with van der Waals surface area (Å²) >= 11 is 0. The number of carbonyl (C=O) groups is 1. The number of carbonyl (C=O) groups excluding carboxylic acids is 1. The third kappa shape index (κ3) is 3.15. The molecule has 1 aromatic carbocycles. The lowest BCUT2D eigenvalue weighted by atomic mass is 10.1. The van der Waals surface area contributed by atoms with Gasteiger partial charge in [0.2, 0.25) is 0 Å². The number of aryl methyl sites for hydroxylation is 1. The maximum Gasteiger partial charge on any atom is 0.415 e. The molecule has 1 heterocycles. The van der Waals surface area contributed by atoms with E-state index in [1.54, 1.807) is 19.2 Å². The molecule has 1 aromatic heterocycles. The summed E-state index contributed by atoms with van der Waals surface area (Å²) in [5.74, 6) is 1.21. The molecule has 130 valence electrons. The maximum atomic E-state index is 12.6. The first-order valence-corrected chi connectivity index (χ1v) is 7.68. The highest BCUT2D eigenvalue weighted by atomic mass is 16.6. The van der Waals surface area contributed by atoms with Gasteiger partial charge in [0.1, 0.15) is 0 Å². The normalized spacial score (nSPS) is 10.5. The third-order valence-corrected chi connectivity index (χ3v) is 3.88. The average Bonchev–Trinajstić information content (AvgIpc) is 2.61. The number of hydrogen-bond donors (Lipinski definition) is 0. The van der Waals surface area contributed by atoms with Gasteiger partial charge in [-0.25, -0.2) is 4.79 Å². The molecule has 0 saturated heterocycles. The molecule has 0 saturated carbocycles. The van der Waals surface area contributed by atoms with E-state index in [0.717, 1.165) is 0 Å². The first-order chi connectivity index (χ1) is 11.5. The van der Waals surface area contributed by atoms with Crippen LogP contribution in [-0.2, 0) is 6.54 Å². The van der Waals surface area contributed by atoms with Crippen LogP contribution in [0, 0.1) is 0 Å². The van der Waals surface area contributed by atoms with Gasteiger partial charge in [-0.15, -0.1) is 0 Å². The Morgan fingerprint density at radius 2 is 1.67 bits per heavy atom. The standard InChI is InChI=1S/C17H22N2O5/c1-6-18(3)17(21)24-15-10-19(7-2)16(20)12-9-14(23-5)13(22-4)8-11(12)15/h8-10H,6-7H2,1-5H3. The fourth-order valence-corrected chi connectivity index (χ4v) is 2.30. The van der Waals surface area contributed by atoms with Crippen molar-refractivity contribution in [2.45, 2.75) is 20.4 Å². The number of aromatic nitrogens is 1. The van der Waals surface area contributed by atoms with Crippen LogP contribution < -0.4 is 19.8 Å². The molecule has 0 unspecified atom stereocenters. The zero-order valence-corrected chi connectivity index (χ0v) is 14.6. The smallest absolute Gasteiger partial charge is 0.415 e. The van der Waals surface area contributed by atoms with Crippen molar-refractivity contribution >= 4 is 16.9 Å². The van der Waals surface area contributed by atoms with E-state index in [4.69, 9.17) is 14.2 Å². The Morgan fingerprint density at radius 3 is 2.17 bits per heavy atom. The van der Waals surface area contributed by atoms with E-state index in [1.165, 1.54) is 29.9 Å². The second-order valence-corrected chi connectivity index (χ2v) is 5.22. The van der Waals surface area contributed by atoms with E-state index in [2.05, 4.69) is 0 Å². The van der Waals surface area contributed by atoms with Gasteiger partial charge in [0, 0.05) is 25.5 Å². The second kappa shape index (κ2) is 7.25. The minimum Gasteiger partial charge on any atom is -0.493 e. The molecule has 0 N–H and O–H groups in total. The van der Waals surface area contributed by atoms with Gasteiger partial charge in [-0.05, 0) is 26.0 Å². The molecule has 24 heavy (non-hydrogen) atoms. The lowest BCUT2D eigenvalue weighted by Gasteiger charge is -2.17. The largest absolute Gasteiger partial charge is 0.493 e. The summed E-state index contributed by atoms with van der Waals surface area (Å²) in [5.41, 5.74) is -0.183. The van der Waals surface area contributed by atoms with Gasteiger partial charge in [-0.3, -0.25) is 4.79 Å². The fourth-order valence-electron chi connectivity index (χ4n) is 2.30. The predicted molar refractivity (Wildman–Crippen MR) is 91.3 cm³/mol. The summed E-state index contributed by atoms with van der Waals surface area (Å²) in [4.78, 5) is 26.1. The van der Waals surface area contributed by atoms with Crippen molar-refractivity contribution in [1.82, 2.24) is 9.47 Å². The van der Waals surface area contributed by atoms with Gasteiger partial charge >= 0.3 is 6.09 Å². The van der Waals surface area contributed by atoms with Crippen molar-refractivity contribution in [1.29, 1.82) is 0 Å². The van der Waals surface area contributed by atoms with E-state index in [1.807, 2.05) is 13.8 Å². The van der Waals surface area contributed by atoms with Crippen LogP contribution >= 0.6 is 0 Å². The summed E-state index contributed by atoms with van der Waals surface area (Å²) in [6.45, 7) is 4.66. The molecule has 7 nitrogen and oxygen atoms in total. The number of nitrogens with zero attached hydrogens (tertiary/aromatic N) is 2. The molecule has 0 bridgehead atoms. The molecule has 0 radical (unpaired) electrons.